The normalized spacial score (nSPS) is 16.0. The summed E-state index contributed by atoms with van der Waals surface area (Å²) in [6, 6.07) is 18.4. The third-order valence-electron chi connectivity index (χ3n) is 6.66. The Morgan fingerprint density at radius 3 is 2.53 bits per heavy atom. The van der Waals surface area contributed by atoms with Crippen LogP contribution in [0.4, 0.5) is 0 Å². The number of rotatable bonds is 8. The first-order chi connectivity index (χ1) is 18.3. The molecule has 0 aromatic heterocycles. The third-order valence-corrected chi connectivity index (χ3v) is 7.23. The van der Waals surface area contributed by atoms with Gasteiger partial charge in [-0.1, -0.05) is 59.6 Å². The van der Waals surface area contributed by atoms with Crippen molar-refractivity contribution in [1.29, 1.82) is 0 Å². The summed E-state index contributed by atoms with van der Waals surface area (Å²) in [6.07, 6.45) is 1.33. The molecule has 7 nitrogen and oxygen atoms in total. The number of para-hydroxylation sites is 1. The zero-order chi connectivity index (χ0) is 27.2. The number of hydrogen-bond acceptors (Lipinski definition) is 4. The van der Waals surface area contributed by atoms with Gasteiger partial charge in [0.15, 0.2) is 0 Å². The largest absolute Gasteiger partial charge is 0.496 e. The third kappa shape index (κ3) is 6.47. The van der Waals surface area contributed by atoms with E-state index in [1.807, 2.05) is 24.3 Å². The average molecular weight is 555 g/mol. The molecule has 38 heavy (non-hydrogen) atoms. The molecule has 2 unspecified atom stereocenters. The van der Waals surface area contributed by atoms with Crippen LogP contribution in [-0.2, 0) is 16.0 Å². The number of nitrogens with zero attached hydrogens (tertiary/aromatic N) is 1. The summed E-state index contributed by atoms with van der Waals surface area (Å²) in [5, 5.41) is 13.6. The number of carboxylic acids is 1. The summed E-state index contributed by atoms with van der Waals surface area (Å²) in [6.45, 7) is 0.732. The van der Waals surface area contributed by atoms with Gasteiger partial charge in [-0.2, -0.15) is 0 Å². The minimum atomic E-state index is -1.13. The number of ether oxygens (including phenoxy) is 1. The maximum Gasteiger partial charge on any atom is 0.326 e. The number of benzene rings is 3. The van der Waals surface area contributed by atoms with E-state index in [-0.39, 0.29) is 24.8 Å². The monoisotopic (exact) mass is 554 g/mol. The fourth-order valence-electron chi connectivity index (χ4n) is 4.63. The van der Waals surface area contributed by atoms with Crippen molar-refractivity contribution >= 4 is 41.0 Å². The van der Waals surface area contributed by atoms with Crippen molar-refractivity contribution in [3.05, 3.63) is 87.9 Å². The fraction of sp³-hybridized carbons (Fsp3) is 0.276. The molecular weight excluding hydrogens is 527 g/mol. The van der Waals surface area contributed by atoms with Gasteiger partial charge in [0.2, 0.25) is 5.91 Å². The second-order valence-corrected chi connectivity index (χ2v) is 10.1. The van der Waals surface area contributed by atoms with E-state index in [4.69, 9.17) is 27.9 Å². The number of amides is 2. The van der Waals surface area contributed by atoms with Crippen LogP contribution in [0.25, 0.3) is 11.1 Å². The molecule has 1 aliphatic rings. The van der Waals surface area contributed by atoms with Gasteiger partial charge in [0.1, 0.15) is 11.8 Å². The zero-order valence-electron chi connectivity index (χ0n) is 20.8. The molecule has 0 spiro atoms. The molecule has 1 saturated heterocycles. The summed E-state index contributed by atoms with van der Waals surface area (Å²) < 4.78 is 5.31. The maximum atomic E-state index is 13.1. The summed E-state index contributed by atoms with van der Waals surface area (Å²) >= 11 is 12.4. The summed E-state index contributed by atoms with van der Waals surface area (Å²) in [5.74, 6) is -1.75. The van der Waals surface area contributed by atoms with Crippen LogP contribution in [0.3, 0.4) is 0 Å². The van der Waals surface area contributed by atoms with Crippen molar-refractivity contribution < 1.29 is 24.2 Å². The molecule has 0 radical (unpaired) electrons. The van der Waals surface area contributed by atoms with E-state index in [1.165, 1.54) is 7.11 Å². The van der Waals surface area contributed by atoms with E-state index in [9.17, 15) is 19.5 Å². The standard InChI is InChI=1S/C29H28Cl2N2O5/c1-38-26-7-3-2-6-22(26)28(35)33-14-4-5-20(17-33)27(34)32-25(29(36)37)15-18-8-10-19(11-9-18)23-16-21(30)12-13-24(23)31/h2-3,6-13,16,20,25H,4-5,14-15,17H2,1H3,(H,32,34)(H,36,37). The number of likely N-dealkylation sites (tertiary alicyclic amines) is 1. The molecule has 198 valence electrons. The van der Waals surface area contributed by atoms with Crippen molar-refractivity contribution in [2.24, 2.45) is 5.92 Å². The van der Waals surface area contributed by atoms with E-state index < -0.39 is 17.9 Å². The van der Waals surface area contributed by atoms with Gasteiger partial charge in [-0.15, -0.1) is 0 Å². The highest BCUT2D eigenvalue weighted by atomic mass is 35.5. The molecule has 2 N–H and O–H groups in total. The van der Waals surface area contributed by atoms with Crippen LogP contribution >= 0.6 is 23.2 Å². The van der Waals surface area contributed by atoms with E-state index in [2.05, 4.69) is 5.32 Å². The average Bonchev–Trinajstić information content (AvgIpc) is 2.94. The van der Waals surface area contributed by atoms with Crippen molar-refractivity contribution in [2.75, 3.05) is 20.2 Å². The molecule has 0 aliphatic carbocycles. The first-order valence-electron chi connectivity index (χ1n) is 12.3. The Kier molecular flexibility index (Phi) is 8.92. The van der Waals surface area contributed by atoms with Crippen LogP contribution in [0.5, 0.6) is 5.75 Å². The van der Waals surface area contributed by atoms with Crippen LogP contribution in [0.2, 0.25) is 10.0 Å². The highest BCUT2D eigenvalue weighted by Gasteiger charge is 2.32. The van der Waals surface area contributed by atoms with Crippen LogP contribution in [0, 0.1) is 5.92 Å². The molecule has 3 aromatic rings. The number of carbonyl (C=O) groups excluding carboxylic acids is 2. The van der Waals surface area contributed by atoms with Gasteiger partial charge in [-0.3, -0.25) is 9.59 Å². The van der Waals surface area contributed by atoms with Gasteiger partial charge in [0, 0.05) is 35.1 Å². The minimum absolute atomic E-state index is 0.112. The Labute approximate surface area is 231 Å². The van der Waals surface area contributed by atoms with Gasteiger partial charge in [-0.25, -0.2) is 4.79 Å². The van der Waals surface area contributed by atoms with E-state index >= 15 is 0 Å². The first-order valence-corrected chi connectivity index (χ1v) is 13.0. The van der Waals surface area contributed by atoms with E-state index in [0.29, 0.717) is 40.7 Å². The molecule has 3 aromatic carbocycles. The van der Waals surface area contributed by atoms with Crippen LogP contribution < -0.4 is 10.1 Å². The fourth-order valence-corrected chi connectivity index (χ4v) is 5.03. The number of nitrogens with one attached hydrogen (secondary N) is 1. The second kappa shape index (κ2) is 12.3. The predicted octanol–water partition coefficient (Wildman–Crippen LogP) is 5.33. The predicted molar refractivity (Wildman–Crippen MR) is 147 cm³/mol. The number of piperidine rings is 1. The number of carbonyl (C=O) groups is 3. The van der Waals surface area contributed by atoms with Crippen LogP contribution in [0.1, 0.15) is 28.8 Å². The van der Waals surface area contributed by atoms with Gasteiger partial charge in [0.05, 0.1) is 18.6 Å². The Balaban J connectivity index is 1.41. The molecule has 0 bridgehead atoms. The quantitative estimate of drug-likeness (QED) is 0.392. The number of halogens is 2. The maximum absolute atomic E-state index is 13.1. The topological polar surface area (TPSA) is 95.9 Å². The number of aliphatic carboxylic acids is 1. The minimum Gasteiger partial charge on any atom is -0.496 e. The molecule has 9 heteroatoms. The summed E-state index contributed by atoms with van der Waals surface area (Å²) in [5.41, 5.74) is 2.80. The lowest BCUT2D eigenvalue weighted by Crippen LogP contribution is -2.50. The van der Waals surface area contributed by atoms with Crippen molar-refractivity contribution in [1.82, 2.24) is 10.2 Å². The van der Waals surface area contributed by atoms with Crippen molar-refractivity contribution in [3.63, 3.8) is 0 Å². The van der Waals surface area contributed by atoms with Gasteiger partial charge in [-0.05, 0) is 54.3 Å². The molecule has 1 fully saturated rings. The Morgan fingerprint density at radius 2 is 1.82 bits per heavy atom. The lowest BCUT2D eigenvalue weighted by molar-refractivity contribution is -0.142. The SMILES string of the molecule is COc1ccccc1C(=O)N1CCCC(C(=O)NC(Cc2ccc(-c3cc(Cl)ccc3Cl)cc2)C(=O)O)C1. The lowest BCUT2D eigenvalue weighted by Gasteiger charge is -2.33. The first kappa shape index (κ1) is 27.5. The number of hydrogen-bond donors (Lipinski definition) is 2. The molecule has 2 amide bonds. The Hall–Kier alpha value is -3.55. The lowest BCUT2D eigenvalue weighted by atomic mass is 9.95. The highest BCUT2D eigenvalue weighted by Crippen LogP contribution is 2.31. The summed E-state index contributed by atoms with van der Waals surface area (Å²) in [7, 11) is 1.50. The van der Waals surface area contributed by atoms with Crippen molar-refractivity contribution in [3.8, 4) is 16.9 Å². The van der Waals surface area contributed by atoms with Gasteiger partial charge in [0.25, 0.3) is 5.91 Å². The zero-order valence-corrected chi connectivity index (χ0v) is 22.3. The molecule has 4 rings (SSSR count). The number of carboxylic acid groups (broad SMARTS) is 1. The van der Waals surface area contributed by atoms with Gasteiger partial charge >= 0.3 is 5.97 Å². The molecular formula is C29H28Cl2N2O5. The van der Waals surface area contributed by atoms with Crippen LogP contribution in [0.15, 0.2) is 66.7 Å². The highest BCUT2D eigenvalue weighted by molar-refractivity contribution is 6.35. The number of methoxy groups -OCH3 is 1. The molecule has 0 saturated carbocycles. The molecule has 2 atom stereocenters. The Bertz CT molecular complexity index is 1330. The van der Waals surface area contributed by atoms with Crippen LogP contribution in [-0.4, -0.2) is 54.0 Å². The second-order valence-electron chi connectivity index (χ2n) is 9.22. The van der Waals surface area contributed by atoms with E-state index in [1.54, 1.807) is 47.4 Å². The van der Waals surface area contributed by atoms with Crippen molar-refractivity contribution in [2.45, 2.75) is 25.3 Å². The summed E-state index contributed by atoms with van der Waals surface area (Å²) in [4.78, 5) is 39.8. The molecule has 1 aliphatic heterocycles. The molecule has 1 heterocycles. The Morgan fingerprint density at radius 1 is 1.08 bits per heavy atom. The smallest absolute Gasteiger partial charge is 0.326 e. The van der Waals surface area contributed by atoms with Gasteiger partial charge < -0.3 is 20.1 Å². The van der Waals surface area contributed by atoms with E-state index in [0.717, 1.165) is 16.7 Å².